The first-order chi connectivity index (χ1) is 8.06. The Bertz CT molecular complexity index is 550. The third kappa shape index (κ3) is 1.82. The van der Waals surface area contributed by atoms with Crippen molar-refractivity contribution < 1.29 is 4.79 Å². The first-order valence-corrected chi connectivity index (χ1v) is 5.95. The lowest BCUT2D eigenvalue weighted by atomic mass is 10.2. The number of amides is 1. The van der Waals surface area contributed by atoms with Gasteiger partial charge in [0.15, 0.2) is 0 Å². The molecule has 1 amide bonds. The molecule has 3 heteroatoms. The van der Waals surface area contributed by atoms with Crippen molar-refractivity contribution in [3.63, 3.8) is 0 Å². The predicted molar refractivity (Wildman–Crippen MR) is 68.0 cm³/mol. The van der Waals surface area contributed by atoms with E-state index in [9.17, 15) is 4.79 Å². The SMILES string of the molecule is CC1(C)CC1NC(=O)c1cc2ccccc2[nH]1. The maximum absolute atomic E-state index is 12.0. The molecule has 3 nitrogen and oxygen atoms in total. The fraction of sp³-hybridized carbons (Fsp3) is 0.357. The van der Waals surface area contributed by atoms with Crippen LogP contribution in [0.15, 0.2) is 30.3 Å². The van der Waals surface area contributed by atoms with Gasteiger partial charge in [-0.2, -0.15) is 0 Å². The Morgan fingerprint density at radius 2 is 2.12 bits per heavy atom. The lowest BCUT2D eigenvalue weighted by Crippen LogP contribution is -2.28. The van der Waals surface area contributed by atoms with Crippen molar-refractivity contribution in [2.45, 2.75) is 26.3 Å². The van der Waals surface area contributed by atoms with Gasteiger partial charge in [-0.25, -0.2) is 0 Å². The van der Waals surface area contributed by atoms with Crippen molar-refractivity contribution in [3.8, 4) is 0 Å². The molecule has 3 rings (SSSR count). The predicted octanol–water partition coefficient (Wildman–Crippen LogP) is 2.70. The number of carbonyl (C=O) groups excluding carboxylic acids is 1. The Hall–Kier alpha value is -1.77. The summed E-state index contributed by atoms with van der Waals surface area (Å²) in [6, 6.07) is 10.1. The molecule has 0 spiro atoms. The minimum atomic E-state index is -0.00299. The molecule has 0 bridgehead atoms. The highest BCUT2D eigenvalue weighted by Crippen LogP contribution is 2.44. The Morgan fingerprint density at radius 1 is 1.41 bits per heavy atom. The molecule has 2 N–H and O–H groups in total. The van der Waals surface area contributed by atoms with Crippen LogP contribution in [0, 0.1) is 5.41 Å². The van der Waals surface area contributed by atoms with Gasteiger partial charge in [0, 0.05) is 16.9 Å². The van der Waals surface area contributed by atoms with Crippen LogP contribution in [0.25, 0.3) is 10.9 Å². The molecule has 0 saturated heterocycles. The molecule has 1 aromatic heterocycles. The van der Waals surface area contributed by atoms with Crippen LogP contribution in [0.3, 0.4) is 0 Å². The Labute approximate surface area is 100 Å². The minimum absolute atomic E-state index is 0.00299. The number of H-pyrrole nitrogens is 1. The van der Waals surface area contributed by atoms with E-state index < -0.39 is 0 Å². The van der Waals surface area contributed by atoms with E-state index in [-0.39, 0.29) is 11.3 Å². The summed E-state index contributed by atoms with van der Waals surface area (Å²) in [7, 11) is 0. The van der Waals surface area contributed by atoms with E-state index in [4.69, 9.17) is 0 Å². The monoisotopic (exact) mass is 228 g/mol. The number of hydrogen-bond acceptors (Lipinski definition) is 1. The van der Waals surface area contributed by atoms with Gasteiger partial charge in [-0.15, -0.1) is 0 Å². The summed E-state index contributed by atoms with van der Waals surface area (Å²) >= 11 is 0. The maximum Gasteiger partial charge on any atom is 0.267 e. The standard InChI is InChI=1S/C14H16N2O/c1-14(2)8-12(14)16-13(17)11-7-9-5-3-4-6-10(9)15-11/h3-7,12,15H,8H2,1-2H3,(H,16,17). The molecule has 1 unspecified atom stereocenters. The number of aromatic nitrogens is 1. The van der Waals surface area contributed by atoms with Crippen LogP contribution in [0.4, 0.5) is 0 Å². The molecule has 1 fully saturated rings. The summed E-state index contributed by atoms with van der Waals surface area (Å²) in [6.07, 6.45) is 1.07. The second kappa shape index (κ2) is 3.36. The van der Waals surface area contributed by atoms with E-state index in [2.05, 4.69) is 24.1 Å². The fourth-order valence-electron chi connectivity index (χ4n) is 2.15. The number of benzene rings is 1. The van der Waals surface area contributed by atoms with Crippen molar-refractivity contribution in [1.29, 1.82) is 0 Å². The smallest absolute Gasteiger partial charge is 0.267 e. The number of carbonyl (C=O) groups is 1. The second-order valence-electron chi connectivity index (χ2n) is 5.49. The molecule has 1 saturated carbocycles. The number of rotatable bonds is 2. The number of para-hydroxylation sites is 1. The average Bonchev–Trinajstić information content (AvgIpc) is 2.76. The Kier molecular flexibility index (Phi) is 2.05. The van der Waals surface area contributed by atoms with Gasteiger partial charge in [-0.05, 0) is 24.0 Å². The van der Waals surface area contributed by atoms with Crippen LogP contribution in [0.2, 0.25) is 0 Å². The topological polar surface area (TPSA) is 44.9 Å². The van der Waals surface area contributed by atoms with Crippen LogP contribution >= 0.6 is 0 Å². The summed E-state index contributed by atoms with van der Waals surface area (Å²) in [5.74, 6) is -0.00299. The van der Waals surface area contributed by atoms with E-state index >= 15 is 0 Å². The number of fused-ring (bicyclic) bond motifs is 1. The molecule has 0 radical (unpaired) electrons. The van der Waals surface area contributed by atoms with E-state index in [1.54, 1.807) is 0 Å². The zero-order valence-corrected chi connectivity index (χ0v) is 10.1. The molecule has 1 aliphatic carbocycles. The Morgan fingerprint density at radius 3 is 2.76 bits per heavy atom. The third-order valence-electron chi connectivity index (χ3n) is 3.59. The van der Waals surface area contributed by atoms with Gasteiger partial charge < -0.3 is 10.3 Å². The van der Waals surface area contributed by atoms with Crippen LogP contribution in [0.5, 0.6) is 0 Å². The van der Waals surface area contributed by atoms with Crippen LogP contribution in [-0.4, -0.2) is 16.9 Å². The van der Waals surface area contributed by atoms with E-state index in [0.29, 0.717) is 11.7 Å². The molecule has 1 aliphatic rings. The van der Waals surface area contributed by atoms with Gasteiger partial charge in [0.1, 0.15) is 5.69 Å². The van der Waals surface area contributed by atoms with Gasteiger partial charge in [0.25, 0.3) is 5.91 Å². The summed E-state index contributed by atoms with van der Waals surface area (Å²) in [5, 5.41) is 4.13. The number of aromatic amines is 1. The highest BCUT2D eigenvalue weighted by Gasteiger charge is 2.46. The van der Waals surface area contributed by atoms with Crippen molar-refractivity contribution in [2.24, 2.45) is 5.41 Å². The Balaban J connectivity index is 1.81. The van der Waals surface area contributed by atoms with Crippen molar-refractivity contribution in [2.75, 3.05) is 0 Å². The second-order valence-corrected chi connectivity index (χ2v) is 5.49. The van der Waals surface area contributed by atoms with Crippen molar-refractivity contribution >= 4 is 16.8 Å². The molecule has 1 atom stereocenters. The minimum Gasteiger partial charge on any atom is -0.351 e. The van der Waals surface area contributed by atoms with Crippen molar-refractivity contribution in [3.05, 3.63) is 36.0 Å². The summed E-state index contributed by atoms with van der Waals surface area (Å²) in [5.41, 5.74) is 1.92. The van der Waals surface area contributed by atoms with Gasteiger partial charge in [-0.1, -0.05) is 32.0 Å². The normalized spacial score (nSPS) is 21.4. The lowest BCUT2D eigenvalue weighted by molar-refractivity contribution is 0.0942. The molecule has 17 heavy (non-hydrogen) atoms. The molecule has 0 aliphatic heterocycles. The highest BCUT2D eigenvalue weighted by molar-refractivity contribution is 5.98. The summed E-state index contributed by atoms with van der Waals surface area (Å²) in [6.45, 7) is 4.34. The first-order valence-electron chi connectivity index (χ1n) is 5.95. The van der Waals surface area contributed by atoms with Gasteiger partial charge >= 0.3 is 0 Å². The van der Waals surface area contributed by atoms with Crippen LogP contribution in [-0.2, 0) is 0 Å². The first kappa shape index (κ1) is 10.4. The molecular weight excluding hydrogens is 212 g/mol. The zero-order valence-electron chi connectivity index (χ0n) is 10.1. The van der Waals surface area contributed by atoms with Gasteiger partial charge in [0.2, 0.25) is 0 Å². The quantitative estimate of drug-likeness (QED) is 0.815. The largest absolute Gasteiger partial charge is 0.351 e. The van der Waals surface area contributed by atoms with E-state index in [1.165, 1.54) is 0 Å². The zero-order chi connectivity index (χ0) is 12.0. The third-order valence-corrected chi connectivity index (χ3v) is 3.59. The van der Waals surface area contributed by atoms with E-state index in [0.717, 1.165) is 17.3 Å². The molecule has 88 valence electrons. The molecule has 1 heterocycles. The molecule has 2 aromatic rings. The molecule has 1 aromatic carbocycles. The lowest BCUT2D eigenvalue weighted by Gasteiger charge is -2.04. The average molecular weight is 228 g/mol. The number of nitrogens with one attached hydrogen (secondary N) is 2. The summed E-state index contributed by atoms with van der Waals surface area (Å²) in [4.78, 5) is 15.2. The van der Waals surface area contributed by atoms with Gasteiger partial charge in [-0.3, -0.25) is 4.79 Å². The van der Waals surface area contributed by atoms with Gasteiger partial charge in [0.05, 0.1) is 0 Å². The fourth-order valence-corrected chi connectivity index (χ4v) is 2.15. The molecular formula is C14H16N2O. The number of hydrogen-bond donors (Lipinski definition) is 2. The van der Waals surface area contributed by atoms with Crippen LogP contribution < -0.4 is 5.32 Å². The highest BCUT2D eigenvalue weighted by atomic mass is 16.2. The summed E-state index contributed by atoms with van der Waals surface area (Å²) < 4.78 is 0. The van der Waals surface area contributed by atoms with E-state index in [1.807, 2.05) is 30.3 Å². The van der Waals surface area contributed by atoms with Crippen LogP contribution in [0.1, 0.15) is 30.8 Å². The maximum atomic E-state index is 12.0. The van der Waals surface area contributed by atoms with Crippen molar-refractivity contribution in [1.82, 2.24) is 10.3 Å².